The summed E-state index contributed by atoms with van der Waals surface area (Å²) in [5, 5.41) is 10.9. The van der Waals surface area contributed by atoms with E-state index in [1.165, 1.54) is 0 Å². The first-order valence-corrected chi connectivity index (χ1v) is 5.38. The summed E-state index contributed by atoms with van der Waals surface area (Å²) in [6, 6.07) is 1.55. The molecule has 0 fully saturated rings. The summed E-state index contributed by atoms with van der Waals surface area (Å²) in [5.41, 5.74) is 0.854. The predicted molar refractivity (Wildman–Crippen MR) is 67.5 cm³/mol. The second-order valence-electron chi connectivity index (χ2n) is 4.34. The molecule has 94 valence electrons. The van der Waals surface area contributed by atoms with Gasteiger partial charge in [0.05, 0.1) is 4.92 Å². The molecule has 0 atom stereocenters. The lowest BCUT2D eigenvalue weighted by Gasteiger charge is -2.20. The molecule has 1 aromatic heterocycles. The molecule has 0 aliphatic heterocycles. The zero-order chi connectivity index (χ0) is 13.0. The Morgan fingerprint density at radius 1 is 1.35 bits per heavy atom. The van der Waals surface area contributed by atoms with Gasteiger partial charge in [-0.1, -0.05) is 0 Å². The normalized spacial score (nSPS) is 10.6. The Morgan fingerprint density at radius 2 is 2.00 bits per heavy atom. The summed E-state index contributed by atoms with van der Waals surface area (Å²) in [6.45, 7) is 3.32. The van der Waals surface area contributed by atoms with Gasteiger partial charge in [0, 0.05) is 32.4 Å². The zero-order valence-electron chi connectivity index (χ0n) is 10.7. The Bertz CT molecular complexity index is 406. The van der Waals surface area contributed by atoms with Crippen molar-refractivity contribution < 1.29 is 4.92 Å². The van der Waals surface area contributed by atoms with Crippen LogP contribution < -0.4 is 4.90 Å². The average Bonchev–Trinajstić information content (AvgIpc) is 2.25. The summed E-state index contributed by atoms with van der Waals surface area (Å²) >= 11 is 0. The van der Waals surface area contributed by atoms with Gasteiger partial charge in [0.1, 0.15) is 0 Å². The number of nitro groups is 1. The maximum atomic E-state index is 10.9. The van der Waals surface area contributed by atoms with Crippen LogP contribution >= 0.6 is 0 Å². The van der Waals surface area contributed by atoms with Crippen LogP contribution in [-0.2, 0) is 0 Å². The van der Waals surface area contributed by atoms with Crippen LogP contribution in [0.2, 0.25) is 0 Å². The van der Waals surface area contributed by atoms with Crippen molar-refractivity contribution in [3.05, 3.63) is 27.9 Å². The highest BCUT2D eigenvalue weighted by molar-refractivity contribution is 5.58. The molecule has 17 heavy (non-hydrogen) atoms. The minimum atomic E-state index is -0.387. The lowest BCUT2D eigenvalue weighted by atomic mass is 10.2. The van der Waals surface area contributed by atoms with Gasteiger partial charge in [-0.2, -0.15) is 0 Å². The number of aryl methyl sites for hydroxylation is 1. The van der Waals surface area contributed by atoms with Crippen LogP contribution in [0.5, 0.6) is 0 Å². The van der Waals surface area contributed by atoms with E-state index < -0.39 is 0 Å². The largest absolute Gasteiger partial charge is 0.353 e. The number of hydrogen-bond donors (Lipinski definition) is 0. The molecule has 0 spiro atoms. The van der Waals surface area contributed by atoms with E-state index in [4.69, 9.17) is 0 Å². The molecule has 1 aromatic rings. The van der Waals surface area contributed by atoms with Gasteiger partial charge in [-0.3, -0.25) is 10.1 Å². The van der Waals surface area contributed by atoms with Crippen molar-refractivity contribution in [2.75, 3.05) is 39.1 Å². The molecule has 0 aromatic carbocycles. The molecule has 0 unspecified atom stereocenters. The van der Waals surface area contributed by atoms with E-state index >= 15 is 0 Å². The third-order valence-electron chi connectivity index (χ3n) is 2.42. The third kappa shape index (κ3) is 3.67. The van der Waals surface area contributed by atoms with Gasteiger partial charge in [0.15, 0.2) is 0 Å². The lowest BCUT2D eigenvalue weighted by molar-refractivity contribution is -0.384. The van der Waals surface area contributed by atoms with Crippen LogP contribution in [-0.4, -0.2) is 49.0 Å². The highest BCUT2D eigenvalue weighted by atomic mass is 16.6. The van der Waals surface area contributed by atoms with E-state index in [2.05, 4.69) is 4.98 Å². The van der Waals surface area contributed by atoms with Crippen molar-refractivity contribution in [2.45, 2.75) is 6.92 Å². The molecule has 0 N–H and O–H groups in total. The summed E-state index contributed by atoms with van der Waals surface area (Å²) in [6.07, 6.45) is 1.65. The fourth-order valence-electron chi connectivity index (χ4n) is 1.43. The SMILES string of the molecule is Cc1cnc(N(C)CCN(C)C)c([N+](=O)[O-])c1. The summed E-state index contributed by atoms with van der Waals surface area (Å²) in [4.78, 5) is 18.5. The van der Waals surface area contributed by atoms with Crippen LogP contribution in [0.4, 0.5) is 11.5 Å². The van der Waals surface area contributed by atoms with E-state index in [1.54, 1.807) is 24.1 Å². The molecule has 0 bridgehead atoms. The first-order chi connectivity index (χ1) is 7.91. The van der Waals surface area contributed by atoms with Crippen molar-refractivity contribution in [2.24, 2.45) is 0 Å². The third-order valence-corrected chi connectivity index (χ3v) is 2.42. The van der Waals surface area contributed by atoms with Crippen molar-refractivity contribution in [1.82, 2.24) is 9.88 Å². The fourth-order valence-corrected chi connectivity index (χ4v) is 1.43. The number of likely N-dealkylation sites (N-methyl/N-ethyl adjacent to an activating group) is 2. The second-order valence-corrected chi connectivity index (χ2v) is 4.34. The van der Waals surface area contributed by atoms with Crippen molar-refractivity contribution in [3.8, 4) is 0 Å². The topological polar surface area (TPSA) is 62.5 Å². The quantitative estimate of drug-likeness (QED) is 0.571. The van der Waals surface area contributed by atoms with E-state index in [1.807, 2.05) is 26.0 Å². The van der Waals surface area contributed by atoms with Crippen LogP contribution in [0, 0.1) is 17.0 Å². The van der Waals surface area contributed by atoms with Gasteiger partial charge in [-0.05, 0) is 26.6 Å². The monoisotopic (exact) mass is 238 g/mol. The standard InChI is InChI=1S/C11H18N4O2/c1-9-7-10(15(16)17)11(12-8-9)14(4)6-5-13(2)3/h7-8H,5-6H2,1-4H3. The number of rotatable bonds is 5. The fraction of sp³-hybridized carbons (Fsp3) is 0.545. The van der Waals surface area contributed by atoms with E-state index in [-0.39, 0.29) is 10.6 Å². The van der Waals surface area contributed by atoms with Gasteiger partial charge in [-0.25, -0.2) is 4.98 Å². The highest BCUT2D eigenvalue weighted by Gasteiger charge is 2.18. The Balaban J connectivity index is 2.92. The molecular weight excluding hydrogens is 220 g/mol. The van der Waals surface area contributed by atoms with Crippen LogP contribution in [0.25, 0.3) is 0 Å². The molecule has 0 saturated carbocycles. The van der Waals surface area contributed by atoms with E-state index in [9.17, 15) is 10.1 Å². The minimum Gasteiger partial charge on any atom is -0.353 e. The molecule has 0 amide bonds. The molecule has 1 rings (SSSR count). The van der Waals surface area contributed by atoms with E-state index in [0.717, 1.165) is 12.1 Å². The van der Waals surface area contributed by atoms with Gasteiger partial charge in [0.2, 0.25) is 5.82 Å². The summed E-state index contributed by atoms with van der Waals surface area (Å²) in [5.74, 6) is 0.419. The number of nitrogens with zero attached hydrogens (tertiary/aromatic N) is 4. The Hall–Kier alpha value is -1.69. The van der Waals surface area contributed by atoms with Gasteiger partial charge in [0.25, 0.3) is 0 Å². The number of pyridine rings is 1. The molecule has 0 saturated heterocycles. The Morgan fingerprint density at radius 3 is 2.53 bits per heavy atom. The summed E-state index contributed by atoms with van der Waals surface area (Å²) in [7, 11) is 5.74. The molecular formula is C11H18N4O2. The highest BCUT2D eigenvalue weighted by Crippen LogP contribution is 2.25. The van der Waals surface area contributed by atoms with Gasteiger partial charge >= 0.3 is 5.69 Å². The van der Waals surface area contributed by atoms with Crippen LogP contribution in [0.1, 0.15) is 5.56 Å². The Labute approximate surface area is 101 Å². The molecule has 0 aliphatic rings. The van der Waals surface area contributed by atoms with Crippen molar-refractivity contribution >= 4 is 11.5 Å². The summed E-state index contributed by atoms with van der Waals surface area (Å²) < 4.78 is 0. The zero-order valence-corrected chi connectivity index (χ0v) is 10.7. The Kier molecular flexibility index (Phi) is 4.39. The molecule has 0 radical (unpaired) electrons. The molecule has 6 heteroatoms. The van der Waals surface area contributed by atoms with Crippen LogP contribution in [0.3, 0.4) is 0 Å². The van der Waals surface area contributed by atoms with Crippen LogP contribution in [0.15, 0.2) is 12.3 Å². The van der Waals surface area contributed by atoms with Crippen molar-refractivity contribution in [1.29, 1.82) is 0 Å². The second kappa shape index (κ2) is 5.58. The van der Waals surface area contributed by atoms with Gasteiger partial charge in [-0.15, -0.1) is 0 Å². The van der Waals surface area contributed by atoms with Gasteiger partial charge < -0.3 is 9.80 Å². The average molecular weight is 238 g/mol. The maximum Gasteiger partial charge on any atom is 0.311 e. The molecule has 0 aliphatic carbocycles. The first kappa shape index (κ1) is 13.4. The predicted octanol–water partition coefficient (Wildman–Crippen LogP) is 1.30. The first-order valence-electron chi connectivity index (χ1n) is 5.38. The number of anilines is 1. The van der Waals surface area contributed by atoms with Crippen molar-refractivity contribution in [3.63, 3.8) is 0 Å². The number of aromatic nitrogens is 1. The lowest BCUT2D eigenvalue weighted by Crippen LogP contribution is -2.29. The molecule has 6 nitrogen and oxygen atoms in total. The van der Waals surface area contributed by atoms with E-state index in [0.29, 0.717) is 12.4 Å². The number of hydrogen-bond acceptors (Lipinski definition) is 5. The maximum absolute atomic E-state index is 10.9. The smallest absolute Gasteiger partial charge is 0.311 e. The molecule has 1 heterocycles. The minimum absolute atomic E-state index is 0.0613.